The van der Waals surface area contributed by atoms with E-state index in [1.165, 1.54) is 12.1 Å². The summed E-state index contributed by atoms with van der Waals surface area (Å²) in [6, 6.07) is 4.38. The van der Waals surface area contributed by atoms with Crippen LogP contribution < -0.4 is 10.5 Å². The largest absolute Gasteiger partial charge is 0.488 e. The second-order valence-corrected chi connectivity index (χ2v) is 4.58. The zero-order valence-electron chi connectivity index (χ0n) is 9.83. The van der Waals surface area contributed by atoms with Gasteiger partial charge in [-0.2, -0.15) is 0 Å². The fourth-order valence-electron chi connectivity index (χ4n) is 1.17. The fourth-order valence-corrected chi connectivity index (χ4v) is 1.17. The summed E-state index contributed by atoms with van der Waals surface area (Å²) in [5, 5.41) is 9.45. The molecular formula is C12H18FNO2. The molecule has 0 aromatic heterocycles. The average molecular weight is 227 g/mol. The minimum Gasteiger partial charge on any atom is -0.488 e. The summed E-state index contributed by atoms with van der Waals surface area (Å²) in [7, 11) is 0. The molecule has 1 aromatic carbocycles. The lowest BCUT2D eigenvalue weighted by Crippen LogP contribution is -2.28. The Balaban J connectivity index is 2.76. The van der Waals surface area contributed by atoms with Gasteiger partial charge in [0.1, 0.15) is 6.61 Å². The molecular weight excluding hydrogens is 209 g/mol. The van der Waals surface area contributed by atoms with Crippen LogP contribution in [0.15, 0.2) is 18.2 Å². The molecule has 0 saturated heterocycles. The number of nitrogens with two attached hydrogens (primary N) is 1. The Morgan fingerprint density at radius 2 is 2.12 bits per heavy atom. The number of aliphatic hydroxyl groups is 1. The molecule has 0 heterocycles. The van der Waals surface area contributed by atoms with E-state index < -0.39 is 11.4 Å². The van der Waals surface area contributed by atoms with Crippen LogP contribution in [0.1, 0.15) is 32.4 Å². The molecule has 3 nitrogen and oxygen atoms in total. The molecule has 3 N–H and O–H groups in total. The van der Waals surface area contributed by atoms with Gasteiger partial charge in [-0.15, -0.1) is 0 Å². The van der Waals surface area contributed by atoms with Gasteiger partial charge in [0, 0.05) is 6.04 Å². The number of halogens is 1. The van der Waals surface area contributed by atoms with Gasteiger partial charge in [0.2, 0.25) is 0 Å². The van der Waals surface area contributed by atoms with Gasteiger partial charge in [-0.25, -0.2) is 4.39 Å². The van der Waals surface area contributed by atoms with Crippen LogP contribution in [0.25, 0.3) is 0 Å². The van der Waals surface area contributed by atoms with Crippen molar-refractivity contribution < 1.29 is 14.2 Å². The van der Waals surface area contributed by atoms with E-state index in [9.17, 15) is 9.50 Å². The zero-order valence-corrected chi connectivity index (χ0v) is 9.83. The van der Waals surface area contributed by atoms with Crippen LogP contribution in [-0.2, 0) is 0 Å². The maximum absolute atomic E-state index is 13.5. The standard InChI is InChI=1S/C12H18FNO2/c1-8(14)9-4-5-11(10(13)6-9)16-7-12(2,3)15/h4-6,8,15H,7,14H2,1-3H3/t8-/m0/s1. The smallest absolute Gasteiger partial charge is 0.165 e. The number of benzene rings is 1. The van der Waals surface area contributed by atoms with Gasteiger partial charge < -0.3 is 15.6 Å². The molecule has 0 spiro atoms. The van der Waals surface area contributed by atoms with Crippen LogP contribution >= 0.6 is 0 Å². The lowest BCUT2D eigenvalue weighted by Gasteiger charge is -2.18. The predicted octanol–water partition coefficient (Wildman–Crippen LogP) is 2.00. The molecule has 0 aliphatic carbocycles. The maximum Gasteiger partial charge on any atom is 0.165 e. The highest BCUT2D eigenvalue weighted by Gasteiger charge is 2.15. The average Bonchev–Trinajstić information content (AvgIpc) is 2.14. The van der Waals surface area contributed by atoms with Crippen LogP contribution in [0.5, 0.6) is 5.75 Å². The molecule has 90 valence electrons. The molecule has 1 aromatic rings. The second kappa shape index (κ2) is 4.80. The first-order valence-electron chi connectivity index (χ1n) is 5.20. The molecule has 1 rings (SSSR count). The van der Waals surface area contributed by atoms with Crippen molar-refractivity contribution in [3.05, 3.63) is 29.6 Å². The monoisotopic (exact) mass is 227 g/mol. The van der Waals surface area contributed by atoms with Crippen LogP contribution in [0.4, 0.5) is 4.39 Å². The molecule has 0 aliphatic rings. The second-order valence-electron chi connectivity index (χ2n) is 4.58. The number of hydrogen-bond donors (Lipinski definition) is 2. The maximum atomic E-state index is 13.5. The van der Waals surface area contributed by atoms with Crippen LogP contribution in [0.2, 0.25) is 0 Å². The molecule has 1 atom stereocenters. The highest BCUT2D eigenvalue weighted by molar-refractivity contribution is 5.30. The highest BCUT2D eigenvalue weighted by atomic mass is 19.1. The Labute approximate surface area is 95.0 Å². The van der Waals surface area contributed by atoms with E-state index in [0.717, 1.165) is 0 Å². The lowest BCUT2D eigenvalue weighted by atomic mass is 10.1. The topological polar surface area (TPSA) is 55.5 Å². The molecule has 0 radical (unpaired) electrons. The first-order chi connectivity index (χ1) is 7.29. The zero-order chi connectivity index (χ0) is 12.3. The van der Waals surface area contributed by atoms with E-state index in [2.05, 4.69) is 0 Å². The summed E-state index contributed by atoms with van der Waals surface area (Å²) in [6.45, 7) is 5.02. The van der Waals surface area contributed by atoms with Crippen molar-refractivity contribution in [1.29, 1.82) is 0 Å². The Kier molecular flexibility index (Phi) is 3.88. The van der Waals surface area contributed by atoms with Gasteiger partial charge in [-0.05, 0) is 38.5 Å². The van der Waals surface area contributed by atoms with E-state index in [-0.39, 0.29) is 18.4 Å². The van der Waals surface area contributed by atoms with Crippen LogP contribution in [0.3, 0.4) is 0 Å². The van der Waals surface area contributed by atoms with E-state index in [0.29, 0.717) is 5.56 Å². The van der Waals surface area contributed by atoms with Crippen LogP contribution in [0, 0.1) is 5.82 Å². The third kappa shape index (κ3) is 3.79. The highest BCUT2D eigenvalue weighted by Crippen LogP contribution is 2.21. The lowest BCUT2D eigenvalue weighted by molar-refractivity contribution is 0.0271. The quantitative estimate of drug-likeness (QED) is 0.827. The number of rotatable bonds is 4. The summed E-state index contributed by atoms with van der Waals surface area (Å²) >= 11 is 0. The van der Waals surface area contributed by atoms with Gasteiger partial charge in [0.25, 0.3) is 0 Å². The first kappa shape index (κ1) is 12.9. The molecule has 0 aliphatic heterocycles. The molecule has 0 amide bonds. The SMILES string of the molecule is C[C@H](N)c1ccc(OCC(C)(C)O)c(F)c1. The Hall–Kier alpha value is -1.13. The van der Waals surface area contributed by atoms with E-state index >= 15 is 0 Å². The van der Waals surface area contributed by atoms with Gasteiger partial charge in [0.05, 0.1) is 5.60 Å². The van der Waals surface area contributed by atoms with E-state index in [1.807, 2.05) is 0 Å². The Bertz CT molecular complexity index is 359. The number of ether oxygens (including phenoxy) is 1. The molecule has 0 bridgehead atoms. The van der Waals surface area contributed by atoms with Gasteiger partial charge in [-0.3, -0.25) is 0 Å². The van der Waals surface area contributed by atoms with Gasteiger partial charge >= 0.3 is 0 Å². The predicted molar refractivity (Wildman–Crippen MR) is 60.8 cm³/mol. The Morgan fingerprint density at radius 3 is 2.56 bits per heavy atom. The van der Waals surface area contributed by atoms with E-state index in [1.54, 1.807) is 26.8 Å². The third-order valence-corrected chi connectivity index (χ3v) is 2.06. The van der Waals surface area contributed by atoms with Crippen molar-refractivity contribution >= 4 is 0 Å². The summed E-state index contributed by atoms with van der Waals surface area (Å²) in [6.07, 6.45) is 0. The Morgan fingerprint density at radius 1 is 1.50 bits per heavy atom. The van der Waals surface area contributed by atoms with Crippen molar-refractivity contribution in [3.8, 4) is 5.75 Å². The van der Waals surface area contributed by atoms with Crippen molar-refractivity contribution in [2.24, 2.45) is 5.73 Å². The first-order valence-corrected chi connectivity index (χ1v) is 5.20. The summed E-state index contributed by atoms with van der Waals surface area (Å²) in [5.74, 6) is -0.328. The minimum atomic E-state index is -0.980. The molecule has 4 heteroatoms. The number of hydrogen-bond acceptors (Lipinski definition) is 3. The molecule has 16 heavy (non-hydrogen) atoms. The normalized spacial score (nSPS) is 13.6. The minimum absolute atomic E-state index is 0.0431. The van der Waals surface area contributed by atoms with Crippen molar-refractivity contribution in [2.45, 2.75) is 32.4 Å². The van der Waals surface area contributed by atoms with Gasteiger partial charge in [0.15, 0.2) is 11.6 Å². The summed E-state index contributed by atoms with van der Waals surface area (Å²) in [5.41, 5.74) is 5.36. The molecule has 0 unspecified atom stereocenters. The van der Waals surface area contributed by atoms with Crippen molar-refractivity contribution in [1.82, 2.24) is 0 Å². The van der Waals surface area contributed by atoms with Crippen LogP contribution in [-0.4, -0.2) is 17.3 Å². The van der Waals surface area contributed by atoms with Crippen molar-refractivity contribution in [3.63, 3.8) is 0 Å². The van der Waals surface area contributed by atoms with E-state index in [4.69, 9.17) is 10.5 Å². The summed E-state index contributed by atoms with van der Waals surface area (Å²) in [4.78, 5) is 0. The van der Waals surface area contributed by atoms with Crippen molar-refractivity contribution in [2.75, 3.05) is 6.61 Å². The van der Waals surface area contributed by atoms with Gasteiger partial charge in [-0.1, -0.05) is 6.07 Å². The molecule has 0 saturated carbocycles. The molecule has 0 fully saturated rings. The third-order valence-electron chi connectivity index (χ3n) is 2.06. The summed E-state index contributed by atoms with van der Waals surface area (Å²) < 4.78 is 18.7. The fraction of sp³-hybridized carbons (Fsp3) is 0.500.